The van der Waals surface area contributed by atoms with Crippen LogP contribution in [0.15, 0.2) is 0 Å². The molecular formula is C23H36O14. The molecule has 2 heterocycles. The topological polar surface area (TPSA) is 227 Å². The van der Waals surface area contributed by atoms with E-state index in [4.69, 9.17) is 18.9 Å². The highest BCUT2D eigenvalue weighted by molar-refractivity contribution is 6.18. The van der Waals surface area contributed by atoms with Crippen molar-refractivity contribution >= 4 is 23.9 Å². The fourth-order valence-corrected chi connectivity index (χ4v) is 4.46. The van der Waals surface area contributed by atoms with Gasteiger partial charge in [0.25, 0.3) is 5.41 Å². The van der Waals surface area contributed by atoms with Crippen LogP contribution >= 0.6 is 0 Å². The van der Waals surface area contributed by atoms with Crippen LogP contribution in [0.3, 0.4) is 0 Å². The van der Waals surface area contributed by atoms with Gasteiger partial charge in [-0.1, -0.05) is 27.7 Å². The average molecular weight is 537 g/mol. The first-order chi connectivity index (χ1) is 17.0. The molecule has 0 aliphatic carbocycles. The number of carboxylic acid groups (broad SMARTS) is 4. The third-order valence-corrected chi connectivity index (χ3v) is 7.18. The Morgan fingerprint density at radius 1 is 0.784 bits per heavy atom. The summed E-state index contributed by atoms with van der Waals surface area (Å²) in [5, 5.41) is 57.6. The van der Waals surface area contributed by atoms with Gasteiger partial charge in [0.15, 0.2) is 12.6 Å². The first-order valence-electron chi connectivity index (χ1n) is 11.7. The summed E-state index contributed by atoms with van der Waals surface area (Å²) in [5.41, 5.74) is -6.35. The number of rotatable bonds is 12. The van der Waals surface area contributed by atoms with Crippen molar-refractivity contribution in [2.45, 2.75) is 59.2 Å². The van der Waals surface area contributed by atoms with E-state index in [0.29, 0.717) is 0 Å². The Kier molecular flexibility index (Phi) is 9.32. The van der Waals surface area contributed by atoms with E-state index in [9.17, 15) is 49.8 Å². The van der Waals surface area contributed by atoms with Gasteiger partial charge >= 0.3 is 23.9 Å². The van der Waals surface area contributed by atoms with Crippen molar-refractivity contribution in [1.29, 1.82) is 0 Å². The fraction of sp³-hybridized carbons (Fsp3) is 0.826. The summed E-state index contributed by atoms with van der Waals surface area (Å²) in [6.07, 6.45) is -3.70. The Morgan fingerprint density at radius 2 is 1.19 bits per heavy atom. The highest BCUT2D eigenvalue weighted by Gasteiger charge is 2.63. The first kappa shape index (κ1) is 30.9. The SMILES string of the molecule is CC(C)(CO)C1OCC2(CO1)COC(C(C)(C)CO)OC2CCC(C(=O)O)C(C(=O)O)(C(=O)O)C(=O)O. The Morgan fingerprint density at radius 3 is 1.57 bits per heavy atom. The van der Waals surface area contributed by atoms with E-state index in [2.05, 4.69) is 0 Å². The molecular weight excluding hydrogens is 500 g/mol. The molecule has 0 aromatic heterocycles. The standard InChI is InChI=1S/C23H36O14/c1-20(2,7-24)18-34-9-22(10-35-18)11-36-19(21(3,4)8-25)37-13(22)6-5-12(14(26)27)23(15(28)29,16(30)31)17(32)33/h12-13,18-19,24-25H,5-11H2,1-4H3,(H,26,27)(H,28,29)(H,30,31)(H,32,33). The predicted molar refractivity (Wildman–Crippen MR) is 120 cm³/mol. The Bertz CT molecular complexity index is 828. The molecule has 2 rings (SSSR count). The summed E-state index contributed by atoms with van der Waals surface area (Å²) in [5.74, 6) is -11.2. The molecule has 37 heavy (non-hydrogen) atoms. The molecule has 0 radical (unpaired) electrons. The highest BCUT2D eigenvalue weighted by Crippen LogP contribution is 2.44. The van der Waals surface area contributed by atoms with Gasteiger partial charge < -0.3 is 49.6 Å². The number of aliphatic hydroxyl groups excluding tert-OH is 2. The maximum absolute atomic E-state index is 12.0. The van der Waals surface area contributed by atoms with Gasteiger partial charge in [0.2, 0.25) is 0 Å². The lowest BCUT2D eigenvalue weighted by Gasteiger charge is -2.52. The van der Waals surface area contributed by atoms with E-state index in [-0.39, 0.29) is 39.5 Å². The van der Waals surface area contributed by atoms with Crippen molar-refractivity contribution in [1.82, 2.24) is 0 Å². The Hall–Kier alpha value is -2.36. The average Bonchev–Trinajstić information content (AvgIpc) is 2.81. The summed E-state index contributed by atoms with van der Waals surface area (Å²) < 4.78 is 23.6. The Labute approximate surface area is 213 Å². The second-order valence-electron chi connectivity index (χ2n) is 11.1. The van der Waals surface area contributed by atoms with E-state index < -0.39 is 76.6 Å². The number of aliphatic carboxylic acids is 4. The van der Waals surface area contributed by atoms with Gasteiger partial charge in [-0.3, -0.25) is 19.2 Å². The van der Waals surface area contributed by atoms with Crippen LogP contribution < -0.4 is 0 Å². The number of carbonyl (C=O) groups is 4. The zero-order chi connectivity index (χ0) is 28.4. The van der Waals surface area contributed by atoms with Crippen molar-refractivity contribution in [2.24, 2.45) is 27.6 Å². The number of ether oxygens (including phenoxy) is 4. The van der Waals surface area contributed by atoms with Crippen molar-refractivity contribution in [3.8, 4) is 0 Å². The molecule has 14 heteroatoms. The number of carboxylic acids is 4. The van der Waals surface area contributed by atoms with Crippen LogP contribution in [0.1, 0.15) is 40.5 Å². The summed E-state index contributed by atoms with van der Waals surface area (Å²) in [6.45, 7) is 6.09. The molecule has 3 unspecified atom stereocenters. The molecule has 14 nitrogen and oxygen atoms in total. The van der Waals surface area contributed by atoms with E-state index in [1.165, 1.54) is 0 Å². The lowest BCUT2D eigenvalue weighted by molar-refractivity contribution is -0.360. The minimum absolute atomic E-state index is 0.0301. The quantitative estimate of drug-likeness (QED) is 0.178. The van der Waals surface area contributed by atoms with Crippen molar-refractivity contribution in [3.05, 3.63) is 0 Å². The largest absolute Gasteiger partial charge is 0.481 e. The molecule has 0 aromatic carbocycles. The van der Waals surface area contributed by atoms with Crippen molar-refractivity contribution in [2.75, 3.05) is 33.0 Å². The number of aliphatic hydroxyl groups is 2. The van der Waals surface area contributed by atoms with Crippen LogP contribution in [0, 0.1) is 27.6 Å². The van der Waals surface area contributed by atoms with E-state index >= 15 is 0 Å². The van der Waals surface area contributed by atoms with Gasteiger partial charge in [-0.15, -0.1) is 0 Å². The van der Waals surface area contributed by atoms with E-state index in [0.717, 1.165) is 0 Å². The van der Waals surface area contributed by atoms with Crippen molar-refractivity contribution < 1.29 is 68.8 Å². The molecule has 0 saturated carbocycles. The van der Waals surface area contributed by atoms with Gasteiger partial charge in [0, 0.05) is 10.8 Å². The second-order valence-corrected chi connectivity index (χ2v) is 11.1. The van der Waals surface area contributed by atoms with Gasteiger partial charge in [-0.05, 0) is 12.8 Å². The fourth-order valence-electron chi connectivity index (χ4n) is 4.46. The van der Waals surface area contributed by atoms with E-state index in [1.54, 1.807) is 27.7 Å². The number of hydrogen-bond donors (Lipinski definition) is 6. The van der Waals surface area contributed by atoms with Crippen LogP contribution in [0.5, 0.6) is 0 Å². The molecule has 1 spiro atoms. The molecule has 6 N–H and O–H groups in total. The Balaban J connectivity index is 2.40. The van der Waals surface area contributed by atoms with Crippen LogP contribution in [0.2, 0.25) is 0 Å². The normalized spacial score (nSPS) is 28.0. The molecule has 212 valence electrons. The monoisotopic (exact) mass is 536 g/mol. The van der Waals surface area contributed by atoms with Gasteiger partial charge in [-0.2, -0.15) is 0 Å². The van der Waals surface area contributed by atoms with Gasteiger partial charge in [0.05, 0.1) is 50.5 Å². The van der Waals surface area contributed by atoms with Crippen LogP contribution in [0.4, 0.5) is 0 Å². The molecule has 3 atom stereocenters. The zero-order valence-electron chi connectivity index (χ0n) is 21.2. The summed E-state index contributed by atoms with van der Waals surface area (Å²) >= 11 is 0. The molecule has 2 aliphatic heterocycles. The van der Waals surface area contributed by atoms with E-state index in [1.807, 2.05) is 0 Å². The zero-order valence-corrected chi connectivity index (χ0v) is 21.2. The molecule has 0 bridgehead atoms. The molecule has 0 aromatic rings. The summed E-state index contributed by atoms with van der Waals surface area (Å²) in [7, 11) is 0. The minimum Gasteiger partial charge on any atom is -0.481 e. The maximum Gasteiger partial charge on any atom is 0.333 e. The molecule has 2 saturated heterocycles. The van der Waals surface area contributed by atoms with Gasteiger partial charge in [-0.25, -0.2) is 0 Å². The highest BCUT2D eigenvalue weighted by atomic mass is 16.7. The van der Waals surface area contributed by atoms with Crippen molar-refractivity contribution in [3.63, 3.8) is 0 Å². The third-order valence-electron chi connectivity index (χ3n) is 7.18. The second kappa shape index (κ2) is 11.2. The van der Waals surface area contributed by atoms with Crippen LogP contribution in [-0.4, -0.2) is 106 Å². The molecule has 0 amide bonds. The van der Waals surface area contributed by atoms with Crippen LogP contribution in [-0.2, 0) is 38.1 Å². The maximum atomic E-state index is 12.0. The molecule has 2 fully saturated rings. The molecule has 2 aliphatic rings. The van der Waals surface area contributed by atoms with Crippen LogP contribution in [0.25, 0.3) is 0 Å². The first-order valence-corrected chi connectivity index (χ1v) is 11.7. The van der Waals surface area contributed by atoms with Gasteiger partial charge in [0.1, 0.15) is 0 Å². The summed E-state index contributed by atoms with van der Waals surface area (Å²) in [6, 6.07) is 0. The summed E-state index contributed by atoms with van der Waals surface area (Å²) in [4.78, 5) is 47.4. The minimum atomic E-state index is -3.64. The smallest absolute Gasteiger partial charge is 0.333 e. The predicted octanol–water partition coefficient (Wildman–Crippen LogP) is -0.155. The number of hydrogen-bond acceptors (Lipinski definition) is 10. The third kappa shape index (κ3) is 5.73. The lowest BCUT2D eigenvalue weighted by atomic mass is 9.70. The lowest BCUT2D eigenvalue weighted by Crippen LogP contribution is -2.61.